The molecule has 90 valence electrons. The fourth-order valence-corrected chi connectivity index (χ4v) is 1.87. The molecule has 0 aliphatic rings. The lowest BCUT2D eigenvalue weighted by atomic mass is 10.4. The second-order valence-corrected chi connectivity index (χ2v) is 4.70. The fourth-order valence-electron chi connectivity index (χ4n) is 1.17. The largest absolute Gasteiger partial charge is 0.381 e. The van der Waals surface area contributed by atoms with E-state index in [9.17, 15) is 0 Å². The van der Waals surface area contributed by atoms with E-state index in [4.69, 9.17) is 16.3 Å². The van der Waals surface area contributed by atoms with Crippen molar-refractivity contribution in [1.82, 2.24) is 4.98 Å². The predicted octanol–water partition coefficient (Wildman–Crippen LogP) is 3.73. The Morgan fingerprint density at radius 3 is 3.00 bits per heavy atom. The molecular weight excluding hydrogens is 291 g/mol. The highest BCUT2D eigenvalue weighted by molar-refractivity contribution is 9.10. The first-order valence-electron chi connectivity index (χ1n) is 5.36. The smallest absolute Gasteiger partial charge is 0.144 e. The SMILES string of the molecule is CCCOCCCNc1ncc(Br)cc1Cl. The molecule has 0 fully saturated rings. The summed E-state index contributed by atoms with van der Waals surface area (Å²) in [6.45, 7) is 4.52. The number of ether oxygens (including phenoxy) is 1. The van der Waals surface area contributed by atoms with Gasteiger partial charge in [-0.05, 0) is 34.8 Å². The van der Waals surface area contributed by atoms with Crippen molar-refractivity contribution in [3.05, 3.63) is 21.8 Å². The molecule has 0 aliphatic heterocycles. The zero-order valence-electron chi connectivity index (χ0n) is 9.30. The molecule has 0 unspecified atom stereocenters. The van der Waals surface area contributed by atoms with E-state index in [2.05, 4.69) is 33.2 Å². The van der Waals surface area contributed by atoms with E-state index in [1.807, 2.05) is 6.07 Å². The molecule has 0 aromatic carbocycles. The number of hydrogen-bond acceptors (Lipinski definition) is 3. The number of rotatable bonds is 7. The molecule has 0 aliphatic carbocycles. The van der Waals surface area contributed by atoms with Crippen molar-refractivity contribution in [3.63, 3.8) is 0 Å². The summed E-state index contributed by atoms with van der Waals surface area (Å²) < 4.78 is 6.25. The molecule has 0 amide bonds. The molecule has 16 heavy (non-hydrogen) atoms. The van der Waals surface area contributed by atoms with E-state index < -0.39 is 0 Å². The molecule has 0 saturated heterocycles. The quantitative estimate of drug-likeness (QED) is 0.780. The van der Waals surface area contributed by atoms with Crippen molar-refractivity contribution >= 4 is 33.3 Å². The van der Waals surface area contributed by atoms with E-state index in [1.165, 1.54) is 0 Å². The van der Waals surface area contributed by atoms with E-state index in [0.717, 1.165) is 42.9 Å². The Balaban J connectivity index is 2.21. The van der Waals surface area contributed by atoms with Crippen LogP contribution in [0.2, 0.25) is 5.02 Å². The molecule has 1 N–H and O–H groups in total. The normalized spacial score (nSPS) is 10.4. The highest BCUT2D eigenvalue weighted by atomic mass is 79.9. The van der Waals surface area contributed by atoms with Crippen LogP contribution in [0.3, 0.4) is 0 Å². The Morgan fingerprint density at radius 2 is 2.31 bits per heavy atom. The molecule has 0 atom stereocenters. The third kappa shape index (κ3) is 5.14. The molecule has 5 heteroatoms. The van der Waals surface area contributed by atoms with Crippen LogP contribution in [0, 0.1) is 0 Å². The lowest BCUT2D eigenvalue weighted by molar-refractivity contribution is 0.134. The van der Waals surface area contributed by atoms with Crippen molar-refractivity contribution in [2.24, 2.45) is 0 Å². The Labute approximate surface area is 110 Å². The summed E-state index contributed by atoms with van der Waals surface area (Å²) in [7, 11) is 0. The Hall–Kier alpha value is -0.320. The van der Waals surface area contributed by atoms with Gasteiger partial charge < -0.3 is 10.1 Å². The summed E-state index contributed by atoms with van der Waals surface area (Å²) in [4.78, 5) is 4.18. The molecule has 0 spiro atoms. The van der Waals surface area contributed by atoms with Gasteiger partial charge in [0.15, 0.2) is 0 Å². The van der Waals surface area contributed by atoms with Crippen LogP contribution in [-0.4, -0.2) is 24.7 Å². The first-order chi connectivity index (χ1) is 7.74. The van der Waals surface area contributed by atoms with Crippen molar-refractivity contribution in [1.29, 1.82) is 0 Å². The Morgan fingerprint density at radius 1 is 1.50 bits per heavy atom. The van der Waals surface area contributed by atoms with E-state index >= 15 is 0 Å². The summed E-state index contributed by atoms with van der Waals surface area (Å²) >= 11 is 9.32. The monoisotopic (exact) mass is 306 g/mol. The number of pyridine rings is 1. The van der Waals surface area contributed by atoms with Gasteiger partial charge in [0.25, 0.3) is 0 Å². The average molecular weight is 308 g/mol. The molecule has 1 heterocycles. The van der Waals surface area contributed by atoms with Crippen LogP contribution in [0.4, 0.5) is 5.82 Å². The van der Waals surface area contributed by atoms with Gasteiger partial charge >= 0.3 is 0 Å². The van der Waals surface area contributed by atoms with Crippen LogP contribution >= 0.6 is 27.5 Å². The minimum Gasteiger partial charge on any atom is -0.381 e. The molecule has 0 saturated carbocycles. The summed E-state index contributed by atoms with van der Waals surface area (Å²) in [6, 6.07) is 1.82. The maximum absolute atomic E-state index is 6.01. The number of nitrogens with zero attached hydrogens (tertiary/aromatic N) is 1. The summed E-state index contributed by atoms with van der Waals surface area (Å²) in [6.07, 6.45) is 3.74. The van der Waals surface area contributed by atoms with Gasteiger partial charge in [-0.25, -0.2) is 4.98 Å². The average Bonchev–Trinajstić information content (AvgIpc) is 2.26. The standard InChI is InChI=1S/C11H16BrClN2O/c1-2-5-16-6-3-4-14-11-10(13)7-9(12)8-15-11/h7-8H,2-6H2,1H3,(H,14,15). The van der Waals surface area contributed by atoms with E-state index in [1.54, 1.807) is 6.20 Å². The van der Waals surface area contributed by atoms with Gasteiger partial charge in [-0.3, -0.25) is 0 Å². The number of anilines is 1. The van der Waals surface area contributed by atoms with Crippen LogP contribution in [0.15, 0.2) is 16.7 Å². The topological polar surface area (TPSA) is 34.1 Å². The second kappa shape index (κ2) is 7.87. The van der Waals surface area contributed by atoms with Crippen molar-refractivity contribution < 1.29 is 4.74 Å². The molecule has 0 bridgehead atoms. The molecule has 1 rings (SSSR count). The Kier molecular flexibility index (Phi) is 6.76. The second-order valence-electron chi connectivity index (χ2n) is 3.38. The van der Waals surface area contributed by atoms with E-state index in [0.29, 0.717) is 5.02 Å². The van der Waals surface area contributed by atoms with Crippen molar-refractivity contribution in [3.8, 4) is 0 Å². The van der Waals surface area contributed by atoms with E-state index in [-0.39, 0.29) is 0 Å². The van der Waals surface area contributed by atoms with Crippen molar-refractivity contribution in [2.75, 3.05) is 25.1 Å². The maximum Gasteiger partial charge on any atom is 0.144 e. The first-order valence-corrected chi connectivity index (χ1v) is 6.53. The summed E-state index contributed by atoms with van der Waals surface area (Å²) in [5, 5.41) is 3.80. The molecule has 3 nitrogen and oxygen atoms in total. The fraction of sp³-hybridized carbons (Fsp3) is 0.545. The van der Waals surface area contributed by atoms with Gasteiger partial charge in [-0.1, -0.05) is 18.5 Å². The predicted molar refractivity (Wildman–Crippen MR) is 71.2 cm³/mol. The third-order valence-electron chi connectivity index (χ3n) is 1.91. The van der Waals surface area contributed by atoms with Gasteiger partial charge in [0, 0.05) is 30.4 Å². The van der Waals surface area contributed by atoms with Crippen LogP contribution in [0.25, 0.3) is 0 Å². The molecule has 0 radical (unpaired) electrons. The minimum absolute atomic E-state index is 0.629. The molecular formula is C11H16BrClN2O. The van der Waals surface area contributed by atoms with Crippen LogP contribution in [0.1, 0.15) is 19.8 Å². The third-order valence-corrected chi connectivity index (χ3v) is 2.64. The maximum atomic E-state index is 6.01. The summed E-state index contributed by atoms with van der Waals surface area (Å²) in [5.41, 5.74) is 0. The lowest BCUT2D eigenvalue weighted by Gasteiger charge is -2.07. The van der Waals surface area contributed by atoms with Crippen molar-refractivity contribution in [2.45, 2.75) is 19.8 Å². The number of aromatic nitrogens is 1. The van der Waals surface area contributed by atoms with Crippen LogP contribution in [0.5, 0.6) is 0 Å². The van der Waals surface area contributed by atoms with Crippen LogP contribution in [-0.2, 0) is 4.74 Å². The van der Waals surface area contributed by atoms with Gasteiger partial charge in [0.05, 0.1) is 5.02 Å². The molecule has 1 aromatic rings. The Bertz CT molecular complexity index is 323. The molecule has 1 aromatic heterocycles. The lowest BCUT2D eigenvalue weighted by Crippen LogP contribution is -2.07. The van der Waals surface area contributed by atoms with Gasteiger partial charge in [-0.2, -0.15) is 0 Å². The highest BCUT2D eigenvalue weighted by Crippen LogP contribution is 2.22. The van der Waals surface area contributed by atoms with Crippen LogP contribution < -0.4 is 5.32 Å². The zero-order chi connectivity index (χ0) is 11.8. The summed E-state index contributed by atoms with van der Waals surface area (Å²) in [5.74, 6) is 0.723. The minimum atomic E-state index is 0.629. The van der Waals surface area contributed by atoms with Gasteiger partial charge in [0.1, 0.15) is 5.82 Å². The van der Waals surface area contributed by atoms with Gasteiger partial charge in [0.2, 0.25) is 0 Å². The number of halogens is 2. The van der Waals surface area contributed by atoms with Gasteiger partial charge in [-0.15, -0.1) is 0 Å². The zero-order valence-corrected chi connectivity index (χ0v) is 11.6. The number of hydrogen-bond donors (Lipinski definition) is 1. The number of nitrogens with one attached hydrogen (secondary N) is 1. The highest BCUT2D eigenvalue weighted by Gasteiger charge is 2.01. The first kappa shape index (κ1) is 13.7.